The molecular weight excluding hydrogens is 220 g/mol. The SMILES string of the molecule is CNCC(=O)C(C)(C)N(C)CC(=O)C(C)(C)O. The molecule has 0 bridgehead atoms. The number of aliphatic hydroxyl groups is 1. The van der Waals surface area contributed by atoms with Crippen LogP contribution < -0.4 is 5.32 Å². The summed E-state index contributed by atoms with van der Waals surface area (Å²) in [6.07, 6.45) is 0. The maximum atomic E-state index is 11.9. The van der Waals surface area contributed by atoms with Crippen LogP contribution in [0.5, 0.6) is 0 Å². The molecule has 0 spiro atoms. The lowest BCUT2D eigenvalue weighted by atomic mass is 9.95. The van der Waals surface area contributed by atoms with Gasteiger partial charge in [-0.15, -0.1) is 0 Å². The molecule has 0 rings (SSSR count). The highest BCUT2D eigenvalue weighted by molar-refractivity contribution is 5.91. The van der Waals surface area contributed by atoms with E-state index in [2.05, 4.69) is 5.32 Å². The van der Waals surface area contributed by atoms with Crippen molar-refractivity contribution in [1.29, 1.82) is 0 Å². The Balaban J connectivity index is 4.65. The normalized spacial score (nSPS) is 12.9. The molecule has 17 heavy (non-hydrogen) atoms. The zero-order valence-electron chi connectivity index (χ0n) is 11.6. The second kappa shape index (κ2) is 5.71. The number of nitrogens with zero attached hydrogens (tertiary/aromatic N) is 1. The smallest absolute Gasteiger partial charge is 0.177 e. The molecule has 0 aromatic rings. The average molecular weight is 244 g/mol. The lowest BCUT2D eigenvalue weighted by Gasteiger charge is -2.34. The van der Waals surface area contributed by atoms with Crippen LogP contribution in [0.15, 0.2) is 0 Å². The molecule has 5 nitrogen and oxygen atoms in total. The van der Waals surface area contributed by atoms with E-state index in [-0.39, 0.29) is 24.7 Å². The molecule has 0 saturated heterocycles. The zero-order chi connectivity index (χ0) is 13.9. The molecule has 0 unspecified atom stereocenters. The maximum absolute atomic E-state index is 11.9. The summed E-state index contributed by atoms with van der Waals surface area (Å²) in [6.45, 7) is 6.74. The number of nitrogens with one attached hydrogen (secondary N) is 1. The van der Waals surface area contributed by atoms with Gasteiger partial charge in [-0.25, -0.2) is 0 Å². The van der Waals surface area contributed by atoms with Gasteiger partial charge in [0.2, 0.25) is 0 Å². The number of carbonyl (C=O) groups excluding carboxylic acids is 2. The number of carbonyl (C=O) groups is 2. The second-order valence-electron chi connectivity index (χ2n) is 5.35. The van der Waals surface area contributed by atoms with Crippen molar-refractivity contribution in [2.45, 2.75) is 38.8 Å². The summed E-state index contributed by atoms with van der Waals surface area (Å²) in [5.74, 6) is -0.295. The Kier molecular flexibility index (Phi) is 5.45. The maximum Gasteiger partial charge on any atom is 0.177 e. The highest BCUT2D eigenvalue weighted by atomic mass is 16.3. The van der Waals surface area contributed by atoms with E-state index in [1.54, 1.807) is 32.8 Å². The number of likely N-dealkylation sites (N-methyl/N-ethyl adjacent to an activating group) is 2. The van der Waals surface area contributed by atoms with Gasteiger partial charge in [0.15, 0.2) is 11.6 Å². The predicted molar refractivity (Wildman–Crippen MR) is 66.9 cm³/mol. The summed E-state index contributed by atoms with van der Waals surface area (Å²) in [4.78, 5) is 25.2. The van der Waals surface area contributed by atoms with E-state index in [1.807, 2.05) is 0 Å². The molecule has 0 aromatic heterocycles. The van der Waals surface area contributed by atoms with E-state index in [1.165, 1.54) is 13.8 Å². The summed E-state index contributed by atoms with van der Waals surface area (Å²) in [5, 5.41) is 12.4. The Morgan fingerprint density at radius 3 is 2.00 bits per heavy atom. The largest absolute Gasteiger partial charge is 0.383 e. The first kappa shape index (κ1) is 16.2. The Morgan fingerprint density at radius 2 is 1.65 bits per heavy atom. The van der Waals surface area contributed by atoms with Gasteiger partial charge in [-0.05, 0) is 41.8 Å². The third-order valence-corrected chi connectivity index (χ3v) is 3.04. The van der Waals surface area contributed by atoms with Crippen molar-refractivity contribution in [1.82, 2.24) is 10.2 Å². The zero-order valence-corrected chi connectivity index (χ0v) is 11.6. The highest BCUT2D eigenvalue weighted by Crippen LogP contribution is 2.15. The van der Waals surface area contributed by atoms with Crippen LogP contribution in [0.2, 0.25) is 0 Å². The standard InChI is InChI=1S/C12H24N2O3/c1-11(2,9(15)7-13-5)14(6)8-10(16)12(3,4)17/h13,17H,7-8H2,1-6H3. The fraction of sp³-hybridized carbons (Fsp3) is 0.833. The average Bonchev–Trinajstić information content (AvgIpc) is 2.16. The molecule has 0 heterocycles. The van der Waals surface area contributed by atoms with E-state index in [0.717, 1.165) is 0 Å². The first-order valence-corrected chi connectivity index (χ1v) is 5.68. The minimum Gasteiger partial charge on any atom is -0.383 e. The third-order valence-electron chi connectivity index (χ3n) is 3.04. The molecular formula is C12H24N2O3. The van der Waals surface area contributed by atoms with E-state index in [4.69, 9.17) is 0 Å². The van der Waals surface area contributed by atoms with Gasteiger partial charge < -0.3 is 10.4 Å². The van der Waals surface area contributed by atoms with Crippen molar-refractivity contribution in [3.8, 4) is 0 Å². The Labute approximate surface area is 103 Å². The molecule has 5 heteroatoms. The molecule has 0 radical (unpaired) electrons. The Hall–Kier alpha value is -0.780. The van der Waals surface area contributed by atoms with E-state index in [0.29, 0.717) is 0 Å². The Bertz CT molecular complexity index is 293. The number of hydrogen-bond donors (Lipinski definition) is 2. The van der Waals surface area contributed by atoms with E-state index >= 15 is 0 Å². The predicted octanol–water partition coefficient (Wildman–Crippen LogP) is -0.175. The van der Waals surface area contributed by atoms with Crippen molar-refractivity contribution in [3.63, 3.8) is 0 Å². The van der Waals surface area contributed by atoms with Crippen molar-refractivity contribution in [2.24, 2.45) is 0 Å². The number of rotatable bonds is 7. The van der Waals surface area contributed by atoms with E-state index < -0.39 is 11.1 Å². The van der Waals surface area contributed by atoms with Crippen LogP contribution in [0.4, 0.5) is 0 Å². The van der Waals surface area contributed by atoms with Crippen LogP contribution in [0.1, 0.15) is 27.7 Å². The first-order chi connectivity index (χ1) is 7.53. The van der Waals surface area contributed by atoms with Crippen LogP contribution in [0.25, 0.3) is 0 Å². The van der Waals surface area contributed by atoms with Crippen LogP contribution in [-0.2, 0) is 9.59 Å². The van der Waals surface area contributed by atoms with Crippen molar-refractivity contribution in [3.05, 3.63) is 0 Å². The summed E-state index contributed by atoms with van der Waals surface area (Å²) < 4.78 is 0. The third kappa shape index (κ3) is 4.53. The summed E-state index contributed by atoms with van der Waals surface area (Å²) in [6, 6.07) is 0. The van der Waals surface area contributed by atoms with Crippen molar-refractivity contribution < 1.29 is 14.7 Å². The van der Waals surface area contributed by atoms with Crippen molar-refractivity contribution in [2.75, 3.05) is 27.2 Å². The quantitative estimate of drug-likeness (QED) is 0.650. The fourth-order valence-corrected chi connectivity index (χ4v) is 1.20. The van der Waals surface area contributed by atoms with Gasteiger partial charge in [0, 0.05) is 0 Å². The molecule has 0 atom stereocenters. The lowest BCUT2D eigenvalue weighted by Crippen LogP contribution is -2.54. The monoisotopic (exact) mass is 244 g/mol. The minimum absolute atomic E-state index is 0.00560. The minimum atomic E-state index is -1.36. The molecule has 0 aromatic carbocycles. The fourth-order valence-electron chi connectivity index (χ4n) is 1.20. The van der Waals surface area contributed by atoms with Crippen LogP contribution in [0, 0.1) is 0 Å². The topological polar surface area (TPSA) is 69.6 Å². The van der Waals surface area contributed by atoms with Gasteiger partial charge in [-0.2, -0.15) is 0 Å². The molecule has 0 aliphatic heterocycles. The second-order valence-corrected chi connectivity index (χ2v) is 5.35. The Morgan fingerprint density at radius 1 is 1.18 bits per heavy atom. The molecule has 100 valence electrons. The van der Waals surface area contributed by atoms with Gasteiger partial charge in [-0.3, -0.25) is 14.5 Å². The summed E-state index contributed by atoms with van der Waals surface area (Å²) >= 11 is 0. The van der Waals surface area contributed by atoms with Gasteiger partial charge >= 0.3 is 0 Å². The first-order valence-electron chi connectivity index (χ1n) is 5.68. The van der Waals surface area contributed by atoms with E-state index in [9.17, 15) is 14.7 Å². The highest BCUT2D eigenvalue weighted by Gasteiger charge is 2.34. The van der Waals surface area contributed by atoms with Crippen molar-refractivity contribution >= 4 is 11.6 Å². The molecule has 0 aliphatic carbocycles. The van der Waals surface area contributed by atoms with Crippen LogP contribution in [0.3, 0.4) is 0 Å². The molecule has 0 aliphatic rings. The van der Waals surface area contributed by atoms with Crippen LogP contribution >= 0.6 is 0 Å². The number of Topliss-reactive ketones (excluding diaryl/α,β-unsaturated/α-hetero) is 2. The van der Waals surface area contributed by atoms with Gasteiger partial charge in [0.25, 0.3) is 0 Å². The molecule has 0 fully saturated rings. The summed E-state index contributed by atoms with van der Waals surface area (Å²) in [5.41, 5.74) is -2.10. The van der Waals surface area contributed by atoms with Crippen LogP contribution in [-0.4, -0.2) is 59.9 Å². The van der Waals surface area contributed by atoms with Gasteiger partial charge in [0.05, 0.1) is 18.6 Å². The number of ketones is 2. The van der Waals surface area contributed by atoms with Gasteiger partial charge in [0.1, 0.15) is 5.60 Å². The molecule has 2 N–H and O–H groups in total. The number of hydrogen-bond acceptors (Lipinski definition) is 5. The lowest BCUT2D eigenvalue weighted by molar-refractivity contribution is -0.138. The van der Waals surface area contributed by atoms with Gasteiger partial charge in [-0.1, -0.05) is 0 Å². The molecule has 0 amide bonds. The molecule has 0 saturated carbocycles. The summed E-state index contributed by atoms with van der Waals surface area (Å²) in [7, 11) is 3.41.